The van der Waals surface area contributed by atoms with E-state index in [4.69, 9.17) is 4.74 Å². The molecule has 0 amide bonds. The lowest BCUT2D eigenvalue weighted by molar-refractivity contribution is 0.135. The molecule has 0 aliphatic heterocycles. The summed E-state index contributed by atoms with van der Waals surface area (Å²) in [5, 5.41) is 9.68. The van der Waals surface area contributed by atoms with Gasteiger partial charge in [-0.3, -0.25) is 0 Å². The maximum atomic E-state index is 9.68. The highest BCUT2D eigenvalue weighted by Crippen LogP contribution is 2.25. The molecule has 4 heteroatoms. The monoisotopic (exact) mass is 210 g/mol. The van der Waals surface area contributed by atoms with Gasteiger partial charge >= 0.3 is 0 Å². The second-order valence-electron chi connectivity index (χ2n) is 3.97. The maximum absolute atomic E-state index is 9.68. The largest absolute Gasteiger partial charge is 0.481 e. The van der Waals surface area contributed by atoms with Crippen LogP contribution in [0.1, 0.15) is 32.5 Å². The molecule has 1 aromatic rings. The molecule has 0 aliphatic carbocycles. The van der Waals surface area contributed by atoms with Crippen LogP contribution in [-0.2, 0) is 0 Å². The molecule has 0 spiro atoms. The second kappa shape index (κ2) is 5.07. The van der Waals surface area contributed by atoms with Crippen LogP contribution < -0.4 is 4.74 Å². The summed E-state index contributed by atoms with van der Waals surface area (Å²) < 4.78 is 5.03. The maximum Gasteiger partial charge on any atom is 0.216 e. The number of aliphatic hydroxyl groups excluding tert-OH is 1. The summed E-state index contributed by atoms with van der Waals surface area (Å²) >= 11 is 0. The highest BCUT2D eigenvalue weighted by Gasteiger charge is 2.24. The second-order valence-corrected chi connectivity index (χ2v) is 3.97. The van der Waals surface area contributed by atoms with Gasteiger partial charge in [0.2, 0.25) is 5.88 Å². The molecule has 4 nitrogen and oxygen atoms in total. The number of hydrogen-bond acceptors (Lipinski definition) is 4. The van der Waals surface area contributed by atoms with Gasteiger partial charge in [0.1, 0.15) is 5.82 Å². The van der Waals surface area contributed by atoms with E-state index < -0.39 is 6.10 Å². The fourth-order valence-corrected chi connectivity index (χ4v) is 1.70. The van der Waals surface area contributed by atoms with Crippen molar-refractivity contribution < 1.29 is 9.84 Å². The molecule has 1 N–H and O–H groups in total. The molecule has 0 bridgehead atoms. The summed E-state index contributed by atoms with van der Waals surface area (Å²) in [5.41, 5.74) is 0. The fraction of sp³-hybridized carbons (Fsp3) is 0.636. The molecule has 0 aliphatic rings. The first kappa shape index (κ1) is 11.9. The Labute approximate surface area is 90.3 Å². The molecule has 1 rings (SSSR count). The van der Waals surface area contributed by atoms with Crippen LogP contribution in [0.3, 0.4) is 0 Å². The van der Waals surface area contributed by atoms with Gasteiger partial charge in [-0.15, -0.1) is 0 Å². The first-order valence-corrected chi connectivity index (χ1v) is 5.11. The minimum Gasteiger partial charge on any atom is -0.481 e. The topological polar surface area (TPSA) is 55.2 Å². The SMILES string of the molecule is COc1ccnc(C(C(C)C)C(C)O)n1. The quantitative estimate of drug-likeness (QED) is 0.820. The van der Waals surface area contributed by atoms with Gasteiger partial charge in [-0.25, -0.2) is 4.98 Å². The zero-order valence-electron chi connectivity index (χ0n) is 9.64. The molecule has 84 valence electrons. The number of aliphatic hydroxyl groups is 1. The predicted octanol–water partition coefficient (Wildman–Crippen LogP) is 1.61. The molecule has 0 fully saturated rings. The number of rotatable bonds is 4. The highest BCUT2D eigenvalue weighted by molar-refractivity contribution is 5.11. The third kappa shape index (κ3) is 2.89. The van der Waals surface area contributed by atoms with Crippen molar-refractivity contribution in [2.24, 2.45) is 5.92 Å². The Kier molecular flexibility index (Phi) is 4.03. The van der Waals surface area contributed by atoms with Crippen LogP contribution in [0.4, 0.5) is 0 Å². The smallest absolute Gasteiger partial charge is 0.216 e. The van der Waals surface area contributed by atoms with E-state index in [9.17, 15) is 5.11 Å². The molecule has 15 heavy (non-hydrogen) atoms. The summed E-state index contributed by atoms with van der Waals surface area (Å²) in [6, 6.07) is 1.70. The zero-order chi connectivity index (χ0) is 11.4. The van der Waals surface area contributed by atoms with Gasteiger partial charge < -0.3 is 9.84 Å². The van der Waals surface area contributed by atoms with E-state index in [1.54, 1.807) is 26.3 Å². The lowest BCUT2D eigenvalue weighted by Crippen LogP contribution is -2.22. The average Bonchev–Trinajstić information content (AvgIpc) is 2.17. The van der Waals surface area contributed by atoms with Crippen molar-refractivity contribution in [2.75, 3.05) is 7.11 Å². The van der Waals surface area contributed by atoms with Crippen molar-refractivity contribution in [1.29, 1.82) is 0 Å². The molecule has 0 aromatic carbocycles. The predicted molar refractivity (Wildman–Crippen MR) is 57.8 cm³/mol. The Morgan fingerprint density at radius 2 is 2.00 bits per heavy atom. The van der Waals surface area contributed by atoms with Crippen molar-refractivity contribution in [3.05, 3.63) is 18.1 Å². The number of nitrogens with zero attached hydrogens (tertiary/aromatic N) is 2. The number of ether oxygens (including phenoxy) is 1. The Morgan fingerprint density at radius 3 is 2.47 bits per heavy atom. The lowest BCUT2D eigenvalue weighted by Gasteiger charge is -2.22. The van der Waals surface area contributed by atoms with Crippen LogP contribution in [0.25, 0.3) is 0 Å². The van der Waals surface area contributed by atoms with Gasteiger partial charge in [-0.1, -0.05) is 13.8 Å². The Balaban J connectivity index is 3.00. The third-order valence-corrected chi connectivity index (χ3v) is 2.39. The minimum absolute atomic E-state index is 0.0555. The van der Waals surface area contributed by atoms with E-state index in [0.29, 0.717) is 11.7 Å². The fourth-order valence-electron chi connectivity index (χ4n) is 1.70. The van der Waals surface area contributed by atoms with Crippen molar-refractivity contribution in [3.63, 3.8) is 0 Å². The van der Waals surface area contributed by atoms with E-state index in [1.165, 1.54) is 0 Å². The van der Waals surface area contributed by atoms with Crippen LogP contribution in [-0.4, -0.2) is 28.3 Å². The van der Waals surface area contributed by atoms with Crippen LogP contribution in [0.5, 0.6) is 5.88 Å². The van der Waals surface area contributed by atoms with Gasteiger partial charge in [-0.05, 0) is 12.8 Å². The zero-order valence-corrected chi connectivity index (χ0v) is 9.64. The minimum atomic E-state index is -0.461. The lowest BCUT2D eigenvalue weighted by atomic mass is 9.90. The van der Waals surface area contributed by atoms with E-state index in [1.807, 2.05) is 13.8 Å². The molecule has 1 heterocycles. The molecule has 2 atom stereocenters. The number of methoxy groups -OCH3 is 1. The summed E-state index contributed by atoms with van der Waals surface area (Å²) in [6.07, 6.45) is 1.19. The Morgan fingerprint density at radius 1 is 1.33 bits per heavy atom. The summed E-state index contributed by atoms with van der Waals surface area (Å²) in [7, 11) is 1.57. The third-order valence-electron chi connectivity index (χ3n) is 2.39. The van der Waals surface area contributed by atoms with Gasteiger partial charge in [0, 0.05) is 18.2 Å². The average molecular weight is 210 g/mol. The van der Waals surface area contributed by atoms with Crippen LogP contribution in [0.2, 0.25) is 0 Å². The van der Waals surface area contributed by atoms with E-state index >= 15 is 0 Å². The van der Waals surface area contributed by atoms with E-state index in [2.05, 4.69) is 9.97 Å². The van der Waals surface area contributed by atoms with Gasteiger partial charge in [0.25, 0.3) is 0 Å². The molecule has 0 radical (unpaired) electrons. The molecular weight excluding hydrogens is 192 g/mol. The number of hydrogen-bond donors (Lipinski definition) is 1. The molecule has 0 saturated heterocycles. The van der Waals surface area contributed by atoms with Crippen LogP contribution in [0, 0.1) is 5.92 Å². The normalized spacial score (nSPS) is 15.1. The summed E-state index contributed by atoms with van der Waals surface area (Å²) in [4.78, 5) is 8.42. The molecular formula is C11H18N2O2. The Hall–Kier alpha value is -1.16. The molecule has 2 unspecified atom stereocenters. The van der Waals surface area contributed by atoms with Gasteiger partial charge in [-0.2, -0.15) is 4.98 Å². The summed E-state index contributed by atoms with van der Waals surface area (Å²) in [6.45, 7) is 5.84. The van der Waals surface area contributed by atoms with Gasteiger partial charge in [0.15, 0.2) is 0 Å². The molecule has 0 saturated carbocycles. The molecule has 1 aromatic heterocycles. The summed E-state index contributed by atoms with van der Waals surface area (Å²) in [5.74, 6) is 1.41. The van der Waals surface area contributed by atoms with E-state index in [-0.39, 0.29) is 11.8 Å². The van der Waals surface area contributed by atoms with Crippen LogP contribution >= 0.6 is 0 Å². The van der Waals surface area contributed by atoms with Crippen LogP contribution in [0.15, 0.2) is 12.3 Å². The van der Waals surface area contributed by atoms with Crippen molar-refractivity contribution in [1.82, 2.24) is 9.97 Å². The highest BCUT2D eigenvalue weighted by atomic mass is 16.5. The Bertz CT molecular complexity index is 305. The van der Waals surface area contributed by atoms with Gasteiger partial charge in [0.05, 0.1) is 13.2 Å². The van der Waals surface area contributed by atoms with Crippen molar-refractivity contribution >= 4 is 0 Å². The van der Waals surface area contributed by atoms with Crippen molar-refractivity contribution in [3.8, 4) is 5.88 Å². The standard InChI is InChI=1S/C11H18N2O2/c1-7(2)10(8(3)14)11-12-6-5-9(13-11)15-4/h5-8,10,14H,1-4H3. The van der Waals surface area contributed by atoms with Crippen molar-refractivity contribution in [2.45, 2.75) is 32.8 Å². The first-order chi connectivity index (χ1) is 7.06. The first-order valence-electron chi connectivity index (χ1n) is 5.11. The number of aromatic nitrogens is 2. The van der Waals surface area contributed by atoms with E-state index in [0.717, 1.165) is 0 Å².